The van der Waals surface area contributed by atoms with Crippen LogP contribution in [0.15, 0.2) is 18.3 Å². The second-order valence-electron chi connectivity index (χ2n) is 3.82. The van der Waals surface area contributed by atoms with Crippen LogP contribution >= 0.6 is 0 Å². The SMILES string of the molecule is COCCCCNC(=O)c1ncccc1C#CCO. The molecule has 1 heterocycles. The third kappa shape index (κ3) is 5.51. The molecule has 0 spiro atoms. The second-order valence-corrected chi connectivity index (χ2v) is 3.82. The standard InChI is InChI=1S/C14H18N2O3/c1-19-11-3-2-8-16-14(18)13-12(7-5-10-17)6-4-9-15-13/h4,6,9,17H,2-3,8,10-11H2,1H3,(H,16,18). The minimum atomic E-state index is -0.250. The molecule has 0 saturated carbocycles. The Balaban J connectivity index is 2.56. The number of pyridine rings is 1. The van der Waals surface area contributed by atoms with Crippen LogP contribution < -0.4 is 5.32 Å². The number of aliphatic hydroxyl groups excluding tert-OH is 1. The van der Waals surface area contributed by atoms with Crippen molar-refractivity contribution in [1.82, 2.24) is 10.3 Å². The number of methoxy groups -OCH3 is 1. The lowest BCUT2D eigenvalue weighted by atomic mass is 10.2. The third-order valence-corrected chi connectivity index (χ3v) is 2.39. The molecule has 1 aromatic rings. The van der Waals surface area contributed by atoms with Crippen molar-refractivity contribution in [1.29, 1.82) is 0 Å². The molecule has 0 saturated heterocycles. The minimum Gasteiger partial charge on any atom is -0.385 e. The van der Waals surface area contributed by atoms with Crippen LogP contribution in [-0.2, 0) is 4.74 Å². The van der Waals surface area contributed by atoms with E-state index in [9.17, 15) is 4.79 Å². The number of rotatable bonds is 6. The van der Waals surface area contributed by atoms with E-state index in [2.05, 4.69) is 22.1 Å². The molecule has 0 aliphatic rings. The van der Waals surface area contributed by atoms with Gasteiger partial charge >= 0.3 is 0 Å². The van der Waals surface area contributed by atoms with Crippen molar-refractivity contribution in [3.63, 3.8) is 0 Å². The molecule has 0 radical (unpaired) electrons. The topological polar surface area (TPSA) is 71.5 Å². The van der Waals surface area contributed by atoms with Crippen molar-refractivity contribution in [2.24, 2.45) is 0 Å². The number of hydrogen-bond donors (Lipinski definition) is 2. The molecule has 1 rings (SSSR count). The Kier molecular flexibility index (Phi) is 7.25. The molecule has 0 atom stereocenters. The van der Waals surface area contributed by atoms with Gasteiger partial charge in [-0.05, 0) is 25.0 Å². The fraction of sp³-hybridized carbons (Fsp3) is 0.429. The molecule has 19 heavy (non-hydrogen) atoms. The van der Waals surface area contributed by atoms with Crippen LogP contribution in [0.3, 0.4) is 0 Å². The zero-order valence-electron chi connectivity index (χ0n) is 11.0. The highest BCUT2D eigenvalue weighted by Crippen LogP contribution is 2.03. The molecule has 2 N–H and O–H groups in total. The highest BCUT2D eigenvalue weighted by molar-refractivity contribution is 5.94. The number of amides is 1. The van der Waals surface area contributed by atoms with E-state index in [1.807, 2.05) is 0 Å². The van der Waals surface area contributed by atoms with Crippen LogP contribution in [0.4, 0.5) is 0 Å². The summed E-state index contributed by atoms with van der Waals surface area (Å²) in [6.45, 7) is 1.02. The zero-order chi connectivity index (χ0) is 13.9. The monoisotopic (exact) mass is 262 g/mol. The van der Waals surface area contributed by atoms with Gasteiger partial charge in [-0.15, -0.1) is 0 Å². The van der Waals surface area contributed by atoms with Crippen molar-refractivity contribution < 1.29 is 14.6 Å². The molecule has 0 aromatic carbocycles. The summed E-state index contributed by atoms with van der Waals surface area (Å²) < 4.78 is 4.93. The summed E-state index contributed by atoms with van der Waals surface area (Å²) in [6, 6.07) is 3.41. The lowest BCUT2D eigenvalue weighted by molar-refractivity contribution is 0.0946. The highest BCUT2D eigenvalue weighted by Gasteiger charge is 2.10. The first-order chi connectivity index (χ1) is 9.29. The van der Waals surface area contributed by atoms with Crippen LogP contribution in [-0.4, -0.2) is 42.9 Å². The number of unbranched alkanes of at least 4 members (excludes halogenated alkanes) is 1. The Labute approximate surface area is 113 Å². The number of nitrogens with zero attached hydrogens (tertiary/aromatic N) is 1. The first kappa shape index (κ1) is 15.2. The lowest BCUT2D eigenvalue weighted by Gasteiger charge is -2.05. The molecule has 0 aliphatic carbocycles. The van der Waals surface area contributed by atoms with Crippen LogP contribution in [0.2, 0.25) is 0 Å². The maximum Gasteiger partial charge on any atom is 0.271 e. The number of nitrogens with one attached hydrogen (secondary N) is 1. The Hall–Kier alpha value is -1.90. The molecule has 1 aromatic heterocycles. The van der Waals surface area contributed by atoms with Crippen molar-refractivity contribution in [3.05, 3.63) is 29.6 Å². The third-order valence-electron chi connectivity index (χ3n) is 2.39. The van der Waals surface area contributed by atoms with E-state index in [0.29, 0.717) is 18.7 Å². The number of aliphatic hydroxyl groups is 1. The molecule has 0 bridgehead atoms. The summed E-state index contributed by atoms with van der Waals surface area (Å²) in [5, 5.41) is 11.5. The summed E-state index contributed by atoms with van der Waals surface area (Å²) >= 11 is 0. The van der Waals surface area contributed by atoms with Crippen molar-refractivity contribution >= 4 is 5.91 Å². The second kappa shape index (κ2) is 9.09. The number of carbonyl (C=O) groups is 1. The summed E-state index contributed by atoms with van der Waals surface area (Å²) in [6.07, 6.45) is 3.30. The lowest BCUT2D eigenvalue weighted by Crippen LogP contribution is -2.26. The molecule has 102 valence electrons. The van der Waals surface area contributed by atoms with Crippen molar-refractivity contribution in [2.45, 2.75) is 12.8 Å². The summed E-state index contributed by atoms with van der Waals surface area (Å²) in [5.41, 5.74) is 0.807. The van der Waals surface area contributed by atoms with Crippen LogP contribution in [0.1, 0.15) is 28.9 Å². The predicted molar refractivity (Wildman–Crippen MR) is 71.6 cm³/mol. The fourth-order valence-electron chi connectivity index (χ4n) is 1.48. The van der Waals surface area contributed by atoms with E-state index >= 15 is 0 Å². The smallest absolute Gasteiger partial charge is 0.271 e. The average Bonchev–Trinajstić information content (AvgIpc) is 2.45. The van der Waals surface area contributed by atoms with E-state index < -0.39 is 0 Å². The predicted octanol–water partition coefficient (Wildman–Crippen LogP) is 0.582. The fourth-order valence-corrected chi connectivity index (χ4v) is 1.48. The van der Waals surface area contributed by atoms with Gasteiger partial charge in [-0.25, -0.2) is 4.98 Å². The molecular formula is C14H18N2O3. The normalized spacial score (nSPS) is 9.58. The van der Waals surface area contributed by atoms with Gasteiger partial charge in [0.15, 0.2) is 0 Å². The number of ether oxygens (including phenoxy) is 1. The maximum absolute atomic E-state index is 11.9. The number of hydrogen-bond acceptors (Lipinski definition) is 4. The Bertz CT molecular complexity index is 463. The largest absolute Gasteiger partial charge is 0.385 e. The highest BCUT2D eigenvalue weighted by atomic mass is 16.5. The van der Waals surface area contributed by atoms with Crippen molar-refractivity contribution in [3.8, 4) is 11.8 Å². The molecular weight excluding hydrogens is 244 g/mol. The van der Waals surface area contributed by atoms with Gasteiger partial charge in [0.25, 0.3) is 5.91 Å². The Morgan fingerprint density at radius 3 is 3.11 bits per heavy atom. The first-order valence-corrected chi connectivity index (χ1v) is 6.11. The number of carbonyl (C=O) groups excluding carboxylic acids is 1. The van der Waals surface area contributed by atoms with Gasteiger partial charge in [-0.3, -0.25) is 4.79 Å². The zero-order valence-corrected chi connectivity index (χ0v) is 11.0. The molecule has 0 unspecified atom stereocenters. The molecule has 0 fully saturated rings. The minimum absolute atomic E-state index is 0.243. The molecule has 1 amide bonds. The van der Waals surface area contributed by atoms with Gasteiger partial charge < -0.3 is 15.2 Å². The first-order valence-electron chi connectivity index (χ1n) is 6.11. The summed E-state index contributed by atoms with van der Waals surface area (Å²) in [4.78, 5) is 16.0. The van der Waals surface area contributed by atoms with Gasteiger partial charge in [0.05, 0.1) is 5.56 Å². The maximum atomic E-state index is 11.9. The van der Waals surface area contributed by atoms with Gasteiger partial charge in [0.2, 0.25) is 0 Å². The van der Waals surface area contributed by atoms with Crippen LogP contribution in [0, 0.1) is 11.8 Å². The van der Waals surface area contributed by atoms with Crippen molar-refractivity contribution in [2.75, 3.05) is 26.9 Å². The quantitative estimate of drug-likeness (QED) is 0.581. The Morgan fingerprint density at radius 1 is 1.53 bits per heavy atom. The molecule has 0 aliphatic heterocycles. The molecule has 5 heteroatoms. The average molecular weight is 262 g/mol. The van der Waals surface area contributed by atoms with E-state index in [1.165, 1.54) is 0 Å². The summed E-state index contributed by atoms with van der Waals surface area (Å²) in [5.74, 6) is 4.97. The van der Waals surface area contributed by atoms with Gasteiger partial charge in [-0.1, -0.05) is 11.8 Å². The molecule has 5 nitrogen and oxygen atoms in total. The van der Waals surface area contributed by atoms with E-state index in [-0.39, 0.29) is 18.2 Å². The van der Waals surface area contributed by atoms with Gasteiger partial charge in [0, 0.05) is 26.5 Å². The van der Waals surface area contributed by atoms with E-state index in [1.54, 1.807) is 25.4 Å². The van der Waals surface area contributed by atoms with E-state index in [0.717, 1.165) is 12.8 Å². The van der Waals surface area contributed by atoms with Gasteiger partial charge in [-0.2, -0.15) is 0 Å². The summed E-state index contributed by atoms with van der Waals surface area (Å²) in [7, 11) is 1.65. The Morgan fingerprint density at radius 2 is 2.37 bits per heavy atom. The van der Waals surface area contributed by atoms with Gasteiger partial charge in [0.1, 0.15) is 12.3 Å². The van der Waals surface area contributed by atoms with E-state index in [4.69, 9.17) is 9.84 Å². The van der Waals surface area contributed by atoms with Crippen LogP contribution in [0.25, 0.3) is 0 Å². The number of aromatic nitrogens is 1. The van der Waals surface area contributed by atoms with Crippen LogP contribution in [0.5, 0.6) is 0 Å².